The number of carbonyl (C=O) groups excluding carboxylic acids is 2. The van der Waals surface area contributed by atoms with Gasteiger partial charge in [0.2, 0.25) is 6.10 Å². The molecule has 0 aliphatic rings. The molecule has 0 aromatic heterocycles. The van der Waals surface area contributed by atoms with Crippen LogP contribution in [-0.4, -0.2) is 18.5 Å². The average Bonchev–Trinajstić information content (AvgIpc) is 2.61. The molecule has 2 aromatic carbocycles. The Morgan fingerprint density at radius 3 is 2.33 bits per heavy atom. The van der Waals surface area contributed by atoms with E-state index in [1.54, 1.807) is 55.5 Å². The monoisotopic (exact) mass is 323 g/mol. The molecule has 0 radical (unpaired) electrons. The normalized spacial score (nSPS) is 11.2. The van der Waals surface area contributed by atoms with Crippen LogP contribution in [0.4, 0.5) is 0 Å². The average molecular weight is 323 g/mol. The fourth-order valence-electron chi connectivity index (χ4n) is 2.11. The molecule has 2 rings (SSSR count). The van der Waals surface area contributed by atoms with Gasteiger partial charge in [-0.15, -0.1) is 0 Å². The van der Waals surface area contributed by atoms with Crippen molar-refractivity contribution in [2.75, 3.05) is 6.61 Å². The minimum Gasteiger partial charge on any atom is -0.462 e. The highest BCUT2D eigenvalue weighted by Crippen LogP contribution is 2.17. The van der Waals surface area contributed by atoms with Crippen LogP contribution in [0.5, 0.6) is 0 Å². The molecule has 0 spiro atoms. The Balaban J connectivity index is 1.97. The van der Waals surface area contributed by atoms with Crippen LogP contribution in [0.1, 0.15) is 34.5 Å². The fourth-order valence-corrected chi connectivity index (χ4v) is 2.11. The van der Waals surface area contributed by atoms with E-state index >= 15 is 0 Å². The highest BCUT2D eigenvalue weighted by molar-refractivity contribution is 5.89. The maximum absolute atomic E-state index is 12.0. The molecule has 24 heavy (non-hydrogen) atoms. The Hall–Kier alpha value is -3.13. The first-order valence-electron chi connectivity index (χ1n) is 7.54. The molecule has 0 fully saturated rings. The van der Waals surface area contributed by atoms with Crippen molar-refractivity contribution in [3.05, 3.63) is 71.3 Å². The summed E-state index contributed by atoms with van der Waals surface area (Å²) >= 11 is 0. The van der Waals surface area contributed by atoms with Crippen molar-refractivity contribution in [1.29, 1.82) is 5.26 Å². The second kappa shape index (κ2) is 8.49. The lowest BCUT2D eigenvalue weighted by molar-refractivity contribution is -0.146. The lowest BCUT2D eigenvalue weighted by atomic mass is 10.1. The van der Waals surface area contributed by atoms with E-state index in [1.165, 1.54) is 0 Å². The molecule has 0 aliphatic heterocycles. The molecule has 0 bridgehead atoms. The van der Waals surface area contributed by atoms with Crippen molar-refractivity contribution >= 4 is 11.9 Å². The summed E-state index contributed by atoms with van der Waals surface area (Å²) in [5.41, 5.74) is 1.75. The lowest BCUT2D eigenvalue weighted by Crippen LogP contribution is -2.12. The van der Waals surface area contributed by atoms with Crippen molar-refractivity contribution in [3.63, 3.8) is 0 Å². The molecule has 1 atom stereocenters. The Kier molecular flexibility index (Phi) is 6.09. The van der Waals surface area contributed by atoms with Crippen LogP contribution in [0, 0.1) is 11.3 Å². The quantitative estimate of drug-likeness (QED) is 0.763. The number of rotatable bonds is 6. The standard InChI is InChI=1S/C19H17NO4/c1-2-23-19(22)16-10-8-14(9-11-16)12-18(21)24-17(13-20)15-6-4-3-5-7-15/h3-11,17H,2,12H2,1H3/t17-/m0/s1. The molecule has 5 nitrogen and oxygen atoms in total. The van der Waals surface area contributed by atoms with E-state index in [0.29, 0.717) is 23.3 Å². The molecule has 0 heterocycles. The van der Waals surface area contributed by atoms with Crippen molar-refractivity contribution in [2.24, 2.45) is 0 Å². The summed E-state index contributed by atoms with van der Waals surface area (Å²) in [6.45, 7) is 2.04. The van der Waals surface area contributed by atoms with Gasteiger partial charge < -0.3 is 9.47 Å². The third-order valence-electron chi connectivity index (χ3n) is 3.28. The molecule has 0 aliphatic carbocycles. The molecule has 122 valence electrons. The number of hydrogen-bond acceptors (Lipinski definition) is 5. The van der Waals surface area contributed by atoms with Gasteiger partial charge in [0.1, 0.15) is 6.07 Å². The summed E-state index contributed by atoms with van der Waals surface area (Å²) in [7, 11) is 0. The first-order valence-corrected chi connectivity index (χ1v) is 7.54. The van der Waals surface area contributed by atoms with Crippen molar-refractivity contribution in [2.45, 2.75) is 19.4 Å². The number of ether oxygens (including phenoxy) is 2. The molecule has 5 heteroatoms. The third kappa shape index (κ3) is 4.68. The van der Waals surface area contributed by atoms with E-state index < -0.39 is 18.0 Å². The van der Waals surface area contributed by atoms with Crippen molar-refractivity contribution in [1.82, 2.24) is 0 Å². The van der Waals surface area contributed by atoms with Gasteiger partial charge in [0.15, 0.2) is 0 Å². The highest BCUT2D eigenvalue weighted by atomic mass is 16.5. The van der Waals surface area contributed by atoms with Crippen LogP contribution < -0.4 is 0 Å². The molecule has 0 saturated carbocycles. The summed E-state index contributed by atoms with van der Waals surface area (Å²) in [5, 5.41) is 9.16. The van der Waals surface area contributed by atoms with Gasteiger partial charge in [-0.3, -0.25) is 4.79 Å². The molecule has 0 N–H and O–H groups in total. The molecule has 0 saturated heterocycles. The zero-order chi connectivity index (χ0) is 17.4. The smallest absolute Gasteiger partial charge is 0.338 e. The Bertz CT molecular complexity index is 732. The Morgan fingerprint density at radius 2 is 1.75 bits per heavy atom. The number of esters is 2. The fraction of sp³-hybridized carbons (Fsp3) is 0.211. The van der Waals surface area contributed by atoms with Crippen LogP contribution in [0.15, 0.2) is 54.6 Å². The van der Waals surface area contributed by atoms with Crippen molar-refractivity contribution in [3.8, 4) is 6.07 Å². The maximum atomic E-state index is 12.0. The van der Waals surface area contributed by atoms with Gasteiger partial charge in [-0.1, -0.05) is 42.5 Å². The number of benzene rings is 2. The summed E-state index contributed by atoms with van der Waals surface area (Å²) in [5.74, 6) is -0.908. The van der Waals surface area contributed by atoms with Crippen molar-refractivity contribution < 1.29 is 19.1 Å². The van der Waals surface area contributed by atoms with Crippen LogP contribution in [0.3, 0.4) is 0 Å². The summed E-state index contributed by atoms with van der Waals surface area (Å²) in [6.07, 6.45) is -0.911. The zero-order valence-corrected chi connectivity index (χ0v) is 13.3. The topological polar surface area (TPSA) is 76.4 Å². The second-order valence-corrected chi connectivity index (χ2v) is 5.00. The van der Waals surface area contributed by atoms with E-state index in [9.17, 15) is 9.59 Å². The molecule has 2 aromatic rings. The largest absolute Gasteiger partial charge is 0.462 e. The SMILES string of the molecule is CCOC(=O)c1ccc(CC(=O)O[C@@H](C#N)c2ccccc2)cc1. The van der Waals surface area contributed by atoms with Gasteiger partial charge in [0.25, 0.3) is 0 Å². The molecular formula is C19H17NO4. The van der Waals surface area contributed by atoms with Gasteiger partial charge in [-0.05, 0) is 24.6 Å². The highest BCUT2D eigenvalue weighted by Gasteiger charge is 2.16. The summed E-state index contributed by atoms with van der Waals surface area (Å²) in [6, 6.07) is 17.3. The molecule has 0 unspecified atom stereocenters. The van der Waals surface area contributed by atoms with E-state index in [-0.39, 0.29) is 6.42 Å². The van der Waals surface area contributed by atoms with Crippen LogP contribution >= 0.6 is 0 Å². The van der Waals surface area contributed by atoms with E-state index in [1.807, 2.05) is 12.1 Å². The van der Waals surface area contributed by atoms with E-state index in [0.717, 1.165) is 0 Å². The Labute approximate surface area is 140 Å². The van der Waals surface area contributed by atoms with Crippen LogP contribution in [0.2, 0.25) is 0 Å². The molecule has 0 amide bonds. The predicted molar refractivity (Wildman–Crippen MR) is 87.0 cm³/mol. The zero-order valence-electron chi connectivity index (χ0n) is 13.3. The Morgan fingerprint density at radius 1 is 1.08 bits per heavy atom. The number of hydrogen-bond donors (Lipinski definition) is 0. The first kappa shape index (κ1) is 17.2. The van der Waals surface area contributed by atoms with Gasteiger partial charge in [-0.2, -0.15) is 5.26 Å². The minimum absolute atomic E-state index is 0.0219. The van der Waals surface area contributed by atoms with Crippen LogP contribution in [0.25, 0.3) is 0 Å². The summed E-state index contributed by atoms with van der Waals surface area (Å²) in [4.78, 5) is 23.6. The maximum Gasteiger partial charge on any atom is 0.338 e. The predicted octanol–water partition coefficient (Wildman–Crippen LogP) is 3.21. The third-order valence-corrected chi connectivity index (χ3v) is 3.28. The first-order chi connectivity index (χ1) is 11.6. The minimum atomic E-state index is -0.933. The molecular weight excluding hydrogens is 306 g/mol. The van der Waals surface area contributed by atoms with Crippen LogP contribution in [-0.2, 0) is 20.7 Å². The second-order valence-electron chi connectivity index (χ2n) is 5.00. The van der Waals surface area contributed by atoms with Gasteiger partial charge in [0, 0.05) is 5.56 Å². The number of nitriles is 1. The van der Waals surface area contributed by atoms with E-state index in [4.69, 9.17) is 14.7 Å². The number of carbonyl (C=O) groups is 2. The lowest BCUT2D eigenvalue weighted by Gasteiger charge is -2.11. The van der Waals surface area contributed by atoms with Gasteiger partial charge in [0.05, 0.1) is 18.6 Å². The summed E-state index contributed by atoms with van der Waals surface area (Å²) < 4.78 is 10.1. The van der Waals surface area contributed by atoms with E-state index in [2.05, 4.69) is 0 Å². The van der Waals surface area contributed by atoms with Gasteiger partial charge in [-0.25, -0.2) is 4.79 Å². The van der Waals surface area contributed by atoms with Gasteiger partial charge >= 0.3 is 11.9 Å². The number of nitrogens with zero attached hydrogens (tertiary/aromatic N) is 1.